The lowest BCUT2D eigenvalue weighted by molar-refractivity contribution is 0.146. The van der Waals surface area contributed by atoms with E-state index in [4.69, 9.17) is 9.47 Å². The zero-order valence-corrected chi connectivity index (χ0v) is 12.5. The third-order valence-corrected chi connectivity index (χ3v) is 4.06. The van der Waals surface area contributed by atoms with E-state index in [9.17, 15) is 0 Å². The first-order valence-corrected chi connectivity index (χ1v) is 7.64. The van der Waals surface area contributed by atoms with Crippen LogP contribution in [0.4, 0.5) is 0 Å². The van der Waals surface area contributed by atoms with E-state index in [2.05, 4.69) is 22.1 Å². The zero-order chi connectivity index (χ0) is 14.5. The topological polar surface area (TPSA) is 47.1 Å². The first-order valence-electron chi connectivity index (χ1n) is 7.64. The molecule has 1 saturated carbocycles. The van der Waals surface area contributed by atoms with Gasteiger partial charge >= 0.3 is 0 Å². The van der Waals surface area contributed by atoms with Crippen LogP contribution in [0.3, 0.4) is 0 Å². The second-order valence-electron chi connectivity index (χ2n) is 5.53. The molecule has 1 aromatic carbocycles. The molecule has 0 saturated heterocycles. The number of aromatic nitrogens is 2. The summed E-state index contributed by atoms with van der Waals surface area (Å²) >= 11 is 0. The molecule has 1 aliphatic carbocycles. The second kappa shape index (κ2) is 6.76. The number of nitrogens with one attached hydrogen (secondary N) is 1. The third kappa shape index (κ3) is 3.45. The maximum absolute atomic E-state index is 5.57. The van der Waals surface area contributed by atoms with E-state index in [-0.39, 0.29) is 0 Å². The fourth-order valence-corrected chi connectivity index (χ4v) is 2.86. The molecule has 3 rings (SSSR count). The Morgan fingerprint density at radius 3 is 2.62 bits per heavy atom. The molecule has 4 nitrogen and oxygen atoms in total. The molecule has 0 aliphatic heterocycles. The lowest BCUT2D eigenvalue weighted by Crippen LogP contribution is -2.03. The van der Waals surface area contributed by atoms with Crippen LogP contribution in [0.2, 0.25) is 0 Å². The summed E-state index contributed by atoms with van der Waals surface area (Å²) in [5, 5.41) is 0. The molecule has 112 valence electrons. The number of aromatic amines is 1. The van der Waals surface area contributed by atoms with Gasteiger partial charge in [0.1, 0.15) is 18.2 Å². The number of hydrogen-bond donors (Lipinski definition) is 1. The molecule has 0 spiro atoms. The summed E-state index contributed by atoms with van der Waals surface area (Å²) < 4.78 is 10.5. The van der Waals surface area contributed by atoms with Gasteiger partial charge in [0.25, 0.3) is 0 Å². The average Bonchev–Trinajstić information content (AvgIpc) is 3.19. The molecule has 1 N–H and O–H groups in total. The Morgan fingerprint density at radius 2 is 1.90 bits per heavy atom. The highest BCUT2D eigenvalue weighted by Crippen LogP contribution is 2.33. The monoisotopic (exact) mass is 286 g/mol. The van der Waals surface area contributed by atoms with Crippen LogP contribution in [0, 0.1) is 0 Å². The van der Waals surface area contributed by atoms with Crippen molar-refractivity contribution >= 4 is 0 Å². The van der Waals surface area contributed by atoms with Gasteiger partial charge in [-0.05, 0) is 42.7 Å². The highest BCUT2D eigenvalue weighted by Gasteiger charge is 2.19. The van der Waals surface area contributed by atoms with E-state index in [1.54, 1.807) is 7.11 Å². The largest absolute Gasteiger partial charge is 0.491 e. The van der Waals surface area contributed by atoms with Crippen LogP contribution in [-0.2, 0) is 4.74 Å². The molecule has 0 unspecified atom stereocenters. The summed E-state index contributed by atoms with van der Waals surface area (Å²) in [5.74, 6) is 2.63. The van der Waals surface area contributed by atoms with Crippen molar-refractivity contribution in [2.45, 2.75) is 31.6 Å². The van der Waals surface area contributed by atoms with Crippen LogP contribution in [0.15, 0.2) is 30.5 Å². The number of imidazole rings is 1. The molecule has 0 amide bonds. The van der Waals surface area contributed by atoms with Crippen molar-refractivity contribution in [2.75, 3.05) is 20.3 Å². The van der Waals surface area contributed by atoms with Crippen LogP contribution in [-0.4, -0.2) is 30.3 Å². The van der Waals surface area contributed by atoms with E-state index in [1.165, 1.54) is 25.7 Å². The normalized spacial score (nSPS) is 15.5. The molecule has 1 heterocycles. The van der Waals surface area contributed by atoms with E-state index < -0.39 is 0 Å². The fourth-order valence-electron chi connectivity index (χ4n) is 2.86. The summed E-state index contributed by atoms with van der Waals surface area (Å²) in [6.07, 6.45) is 7.12. The Labute approximate surface area is 125 Å². The number of ether oxygens (including phenoxy) is 2. The Hall–Kier alpha value is -1.81. The van der Waals surface area contributed by atoms with Crippen molar-refractivity contribution in [3.63, 3.8) is 0 Å². The molecule has 21 heavy (non-hydrogen) atoms. The summed E-state index contributed by atoms with van der Waals surface area (Å²) in [5.41, 5.74) is 2.23. The SMILES string of the molecule is COCCOc1ccc(-c2cnc(C3CCCC3)[nH]2)cc1. The van der Waals surface area contributed by atoms with Crippen molar-refractivity contribution in [1.82, 2.24) is 9.97 Å². The summed E-state index contributed by atoms with van der Waals surface area (Å²) in [7, 11) is 1.67. The van der Waals surface area contributed by atoms with E-state index in [1.807, 2.05) is 18.3 Å². The van der Waals surface area contributed by atoms with Gasteiger partial charge in [-0.15, -0.1) is 0 Å². The molecule has 4 heteroatoms. The van der Waals surface area contributed by atoms with Gasteiger partial charge in [0.05, 0.1) is 18.5 Å². The van der Waals surface area contributed by atoms with Crippen molar-refractivity contribution in [3.05, 3.63) is 36.3 Å². The molecule has 0 bridgehead atoms. The lowest BCUT2D eigenvalue weighted by atomic mass is 10.1. The van der Waals surface area contributed by atoms with Gasteiger partial charge in [0, 0.05) is 13.0 Å². The number of H-pyrrole nitrogens is 1. The minimum absolute atomic E-state index is 0.575. The molecule has 0 atom stereocenters. The third-order valence-electron chi connectivity index (χ3n) is 4.06. The first kappa shape index (κ1) is 14.1. The quantitative estimate of drug-likeness (QED) is 0.822. The first-order chi connectivity index (χ1) is 10.4. The van der Waals surface area contributed by atoms with Gasteiger partial charge in [0.2, 0.25) is 0 Å². The minimum Gasteiger partial charge on any atom is -0.491 e. The van der Waals surface area contributed by atoms with Gasteiger partial charge in [-0.1, -0.05) is 12.8 Å². The highest BCUT2D eigenvalue weighted by atomic mass is 16.5. The van der Waals surface area contributed by atoms with Crippen molar-refractivity contribution in [2.24, 2.45) is 0 Å². The van der Waals surface area contributed by atoms with Crippen LogP contribution >= 0.6 is 0 Å². The molecular weight excluding hydrogens is 264 g/mol. The molecule has 1 fully saturated rings. The summed E-state index contributed by atoms with van der Waals surface area (Å²) in [6, 6.07) is 8.10. The number of nitrogens with zero attached hydrogens (tertiary/aromatic N) is 1. The highest BCUT2D eigenvalue weighted by molar-refractivity contribution is 5.59. The number of rotatable bonds is 6. The van der Waals surface area contributed by atoms with Gasteiger partial charge in [-0.25, -0.2) is 4.98 Å². The molecule has 0 radical (unpaired) electrons. The number of methoxy groups -OCH3 is 1. The molecule has 1 aromatic heterocycles. The second-order valence-corrected chi connectivity index (χ2v) is 5.53. The van der Waals surface area contributed by atoms with Crippen molar-refractivity contribution < 1.29 is 9.47 Å². The van der Waals surface area contributed by atoms with Crippen LogP contribution in [0.1, 0.15) is 37.4 Å². The fraction of sp³-hybridized carbons (Fsp3) is 0.471. The maximum Gasteiger partial charge on any atom is 0.119 e. The van der Waals surface area contributed by atoms with Crippen LogP contribution in [0.5, 0.6) is 5.75 Å². The van der Waals surface area contributed by atoms with Gasteiger partial charge in [-0.3, -0.25) is 0 Å². The Balaban J connectivity index is 1.66. The number of benzene rings is 1. The minimum atomic E-state index is 0.575. The molecule has 1 aliphatic rings. The zero-order valence-electron chi connectivity index (χ0n) is 12.5. The van der Waals surface area contributed by atoms with Crippen LogP contribution < -0.4 is 4.74 Å². The maximum atomic E-state index is 5.57. The van der Waals surface area contributed by atoms with Crippen LogP contribution in [0.25, 0.3) is 11.3 Å². The Bertz CT molecular complexity index is 556. The van der Waals surface area contributed by atoms with Crippen molar-refractivity contribution in [3.8, 4) is 17.0 Å². The predicted octanol–water partition coefficient (Wildman–Crippen LogP) is 3.76. The van der Waals surface area contributed by atoms with Gasteiger partial charge in [-0.2, -0.15) is 0 Å². The average molecular weight is 286 g/mol. The summed E-state index contributed by atoms with van der Waals surface area (Å²) in [6.45, 7) is 1.18. The van der Waals surface area contributed by atoms with Gasteiger partial charge in [0.15, 0.2) is 0 Å². The summed E-state index contributed by atoms with van der Waals surface area (Å²) in [4.78, 5) is 8.03. The molecular formula is C17H22N2O2. The smallest absolute Gasteiger partial charge is 0.119 e. The van der Waals surface area contributed by atoms with E-state index in [0.717, 1.165) is 22.8 Å². The Kier molecular flexibility index (Phi) is 4.55. The molecule has 2 aromatic rings. The lowest BCUT2D eigenvalue weighted by Gasteiger charge is -2.06. The standard InChI is InChI=1S/C17H22N2O2/c1-20-10-11-21-15-8-6-13(7-9-15)16-12-18-17(19-16)14-4-2-3-5-14/h6-9,12,14H,2-5,10-11H2,1H3,(H,18,19). The van der Waals surface area contributed by atoms with E-state index >= 15 is 0 Å². The number of hydrogen-bond acceptors (Lipinski definition) is 3. The van der Waals surface area contributed by atoms with E-state index in [0.29, 0.717) is 19.1 Å². The van der Waals surface area contributed by atoms with Crippen molar-refractivity contribution in [1.29, 1.82) is 0 Å². The predicted molar refractivity (Wildman–Crippen MR) is 82.6 cm³/mol. The Morgan fingerprint density at radius 1 is 1.14 bits per heavy atom. The van der Waals surface area contributed by atoms with Gasteiger partial charge < -0.3 is 14.5 Å².